The summed E-state index contributed by atoms with van der Waals surface area (Å²) >= 11 is 0. The van der Waals surface area contributed by atoms with E-state index in [1.807, 2.05) is 0 Å². The summed E-state index contributed by atoms with van der Waals surface area (Å²) in [6.07, 6.45) is -0.734. The highest BCUT2D eigenvalue weighted by Crippen LogP contribution is 2.37. The SMILES string of the molecule is COc1cc2nccc(Oc3ccc(NC(=O)Oc4cn(CC=C(F)F)c(=O)n(-c5ccc(F)cc5)c4=O)cc3F)c2cc1OC. The number of carbonyl (C=O) groups excluding carboxylic acids is 1. The van der Waals surface area contributed by atoms with E-state index in [9.17, 15) is 27.6 Å². The van der Waals surface area contributed by atoms with E-state index < -0.39 is 47.4 Å². The Morgan fingerprint density at radius 2 is 1.61 bits per heavy atom. The molecule has 2 aromatic heterocycles. The first kappa shape index (κ1) is 31.3. The van der Waals surface area contributed by atoms with E-state index in [0.29, 0.717) is 37.6 Å². The highest BCUT2D eigenvalue weighted by molar-refractivity contribution is 5.88. The smallest absolute Gasteiger partial charge is 0.417 e. The lowest BCUT2D eigenvalue weighted by Crippen LogP contribution is -2.39. The fourth-order valence-electron chi connectivity index (χ4n) is 4.32. The van der Waals surface area contributed by atoms with Crippen molar-refractivity contribution < 1.29 is 41.3 Å². The molecule has 0 aliphatic heterocycles. The van der Waals surface area contributed by atoms with Crippen molar-refractivity contribution >= 4 is 22.7 Å². The number of halogens is 4. The minimum absolute atomic E-state index is 0.101. The zero-order chi connectivity index (χ0) is 33.0. The molecule has 0 atom stereocenters. The van der Waals surface area contributed by atoms with Gasteiger partial charge in [-0.25, -0.2) is 22.9 Å². The van der Waals surface area contributed by atoms with Crippen molar-refractivity contribution in [3.05, 3.63) is 118 Å². The van der Waals surface area contributed by atoms with Gasteiger partial charge in [0.25, 0.3) is 6.08 Å². The van der Waals surface area contributed by atoms with Crippen LogP contribution in [0.1, 0.15) is 0 Å². The molecule has 46 heavy (non-hydrogen) atoms. The Bertz CT molecular complexity index is 2090. The molecule has 5 aromatic rings. The summed E-state index contributed by atoms with van der Waals surface area (Å²) in [7, 11) is 2.93. The third-order valence-corrected chi connectivity index (χ3v) is 6.46. The van der Waals surface area contributed by atoms with E-state index in [2.05, 4.69) is 10.3 Å². The molecule has 0 saturated heterocycles. The average Bonchev–Trinajstić information content (AvgIpc) is 3.03. The molecule has 1 amide bonds. The van der Waals surface area contributed by atoms with Crippen molar-refractivity contribution in [2.24, 2.45) is 0 Å². The van der Waals surface area contributed by atoms with Gasteiger partial charge in [-0.2, -0.15) is 8.78 Å². The Morgan fingerprint density at radius 1 is 0.891 bits per heavy atom. The normalized spacial score (nSPS) is 10.7. The molecule has 3 aromatic carbocycles. The number of anilines is 1. The number of pyridine rings is 1. The molecule has 0 radical (unpaired) electrons. The molecule has 0 spiro atoms. The average molecular weight is 639 g/mol. The second-order valence-corrected chi connectivity index (χ2v) is 9.33. The van der Waals surface area contributed by atoms with Crippen molar-refractivity contribution in [2.45, 2.75) is 6.54 Å². The van der Waals surface area contributed by atoms with Gasteiger partial charge in [-0.1, -0.05) is 0 Å². The number of carbonyl (C=O) groups is 1. The lowest BCUT2D eigenvalue weighted by Gasteiger charge is -2.14. The van der Waals surface area contributed by atoms with Crippen LogP contribution >= 0.6 is 0 Å². The minimum atomic E-state index is -2.10. The van der Waals surface area contributed by atoms with Crippen LogP contribution < -0.4 is 35.5 Å². The standard InChI is InChI=1S/C31H22F4N4O7/c1-43-25-14-20-22(15-26(25)44-2)36-11-9-23(20)45-24-8-5-18(13-21(24)33)37-30(41)46-27-16-38(12-10-28(34)35)31(42)39(29(27)40)19-6-3-17(32)4-7-19/h3-11,13-16H,12H2,1-2H3,(H,37,41). The summed E-state index contributed by atoms with van der Waals surface area (Å²) in [4.78, 5) is 42.9. The van der Waals surface area contributed by atoms with Crippen LogP contribution in [0.3, 0.4) is 0 Å². The first-order valence-electron chi connectivity index (χ1n) is 13.2. The summed E-state index contributed by atoms with van der Waals surface area (Å²) in [5.74, 6) is -1.39. The second kappa shape index (κ2) is 13.3. The molecule has 11 nitrogen and oxygen atoms in total. The van der Waals surface area contributed by atoms with Gasteiger partial charge < -0.3 is 18.9 Å². The van der Waals surface area contributed by atoms with Crippen LogP contribution in [0.15, 0.2) is 94.8 Å². The fourth-order valence-corrected chi connectivity index (χ4v) is 4.32. The van der Waals surface area contributed by atoms with E-state index in [1.165, 1.54) is 38.6 Å². The van der Waals surface area contributed by atoms with Crippen molar-refractivity contribution in [2.75, 3.05) is 19.5 Å². The van der Waals surface area contributed by atoms with Gasteiger partial charge in [0.15, 0.2) is 23.1 Å². The summed E-state index contributed by atoms with van der Waals surface area (Å²) in [5.41, 5.74) is -1.92. The van der Waals surface area contributed by atoms with Crippen molar-refractivity contribution in [3.8, 4) is 34.4 Å². The number of ether oxygens (including phenoxy) is 4. The third kappa shape index (κ3) is 6.67. The lowest BCUT2D eigenvalue weighted by molar-refractivity contribution is 0.214. The van der Waals surface area contributed by atoms with Crippen molar-refractivity contribution in [1.29, 1.82) is 0 Å². The fraction of sp³-hybridized carbons (Fsp3) is 0.0968. The number of nitrogens with zero attached hydrogens (tertiary/aromatic N) is 3. The summed E-state index contributed by atoms with van der Waals surface area (Å²) in [5, 5.41) is 2.75. The molecule has 0 aliphatic rings. The Morgan fingerprint density at radius 3 is 2.28 bits per heavy atom. The first-order valence-corrected chi connectivity index (χ1v) is 13.2. The minimum Gasteiger partial charge on any atom is -0.493 e. The molecule has 15 heteroatoms. The number of nitrogens with one attached hydrogen (secondary N) is 1. The van der Waals surface area contributed by atoms with Crippen LogP contribution in [-0.4, -0.2) is 34.4 Å². The predicted octanol–water partition coefficient (Wildman–Crippen LogP) is 6.03. The Hall–Kier alpha value is -6.12. The van der Waals surface area contributed by atoms with Crippen LogP contribution in [0.4, 0.5) is 28.0 Å². The number of methoxy groups -OCH3 is 2. The zero-order valence-corrected chi connectivity index (χ0v) is 23.9. The van der Waals surface area contributed by atoms with Crippen molar-refractivity contribution in [3.63, 3.8) is 0 Å². The maximum Gasteiger partial charge on any atom is 0.417 e. The molecular weight excluding hydrogens is 616 g/mol. The van der Waals surface area contributed by atoms with Gasteiger partial charge in [-0.05, 0) is 48.5 Å². The number of aromatic nitrogens is 3. The molecule has 236 valence electrons. The predicted molar refractivity (Wildman–Crippen MR) is 158 cm³/mol. The van der Waals surface area contributed by atoms with Crippen LogP contribution in [0.25, 0.3) is 16.6 Å². The Kier molecular flexibility index (Phi) is 9.02. The van der Waals surface area contributed by atoms with Gasteiger partial charge in [0.05, 0.1) is 38.2 Å². The molecule has 0 saturated carbocycles. The van der Waals surface area contributed by atoms with E-state index >= 15 is 4.39 Å². The largest absolute Gasteiger partial charge is 0.493 e. The maximum absolute atomic E-state index is 15.1. The highest BCUT2D eigenvalue weighted by atomic mass is 19.3. The van der Waals surface area contributed by atoms with E-state index in [1.54, 1.807) is 12.1 Å². The Labute approximate surface area is 256 Å². The quantitative estimate of drug-likeness (QED) is 0.194. The van der Waals surface area contributed by atoms with Crippen LogP contribution in [-0.2, 0) is 6.54 Å². The highest BCUT2D eigenvalue weighted by Gasteiger charge is 2.19. The number of fused-ring (bicyclic) bond motifs is 1. The number of rotatable bonds is 9. The molecule has 2 heterocycles. The van der Waals surface area contributed by atoms with Crippen molar-refractivity contribution in [1.82, 2.24) is 14.1 Å². The number of allylic oxidation sites excluding steroid dienone is 1. The van der Waals surface area contributed by atoms with Gasteiger partial charge in [0.1, 0.15) is 11.6 Å². The zero-order valence-electron chi connectivity index (χ0n) is 23.9. The Balaban J connectivity index is 1.39. The van der Waals surface area contributed by atoms with Gasteiger partial charge in [-0.15, -0.1) is 0 Å². The summed E-state index contributed by atoms with van der Waals surface area (Å²) in [6.45, 7) is -0.680. The van der Waals surface area contributed by atoms with Gasteiger partial charge in [0.2, 0.25) is 5.75 Å². The monoisotopic (exact) mass is 638 g/mol. The van der Waals surface area contributed by atoms with Gasteiger partial charge in [0, 0.05) is 35.5 Å². The van der Waals surface area contributed by atoms with Crippen LogP contribution in [0.5, 0.6) is 28.7 Å². The topological polar surface area (TPSA) is 123 Å². The summed E-state index contributed by atoms with van der Waals surface area (Å²) in [6, 6.07) is 12.4. The molecule has 5 rings (SSSR count). The number of amides is 1. The number of benzene rings is 3. The lowest BCUT2D eigenvalue weighted by atomic mass is 10.2. The van der Waals surface area contributed by atoms with E-state index in [-0.39, 0.29) is 22.9 Å². The molecule has 0 bridgehead atoms. The van der Waals surface area contributed by atoms with Gasteiger partial charge in [-0.3, -0.25) is 19.7 Å². The van der Waals surface area contributed by atoms with E-state index in [0.717, 1.165) is 36.5 Å². The van der Waals surface area contributed by atoms with Gasteiger partial charge >= 0.3 is 17.3 Å². The number of hydrogen-bond donors (Lipinski definition) is 1. The summed E-state index contributed by atoms with van der Waals surface area (Å²) < 4.78 is 76.7. The first-order chi connectivity index (χ1) is 22.1. The maximum atomic E-state index is 15.1. The second-order valence-electron chi connectivity index (χ2n) is 9.33. The molecular formula is C31H22F4N4O7. The molecule has 1 N–H and O–H groups in total. The van der Waals surface area contributed by atoms with Crippen LogP contribution in [0.2, 0.25) is 0 Å². The number of hydrogen-bond acceptors (Lipinski definition) is 8. The molecule has 0 aliphatic carbocycles. The van der Waals surface area contributed by atoms with E-state index in [4.69, 9.17) is 18.9 Å². The molecule has 0 fully saturated rings. The molecule has 0 unspecified atom stereocenters. The van der Waals surface area contributed by atoms with Crippen LogP contribution in [0, 0.1) is 11.6 Å². The third-order valence-electron chi connectivity index (χ3n) is 6.46.